The minimum atomic E-state index is -0.311. The number of halogens is 2. The lowest BCUT2D eigenvalue weighted by atomic mass is 9.96. The number of thiocarbonyl (C=S) groups is 1. The van der Waals surface area contributed by atoms with Crippen molar-refractivity contribution in [2.45, 2.75) is 25.9 Å². The fraction of sp³-hybridized carbons (Fsp3) is 0.154. The van der Waals surface area contributed by atoms with Gasteiger partial charge in [-0.05, 0) is 92.3 Å². The summed E-state index contributed by atoms with van der Waals surface area (Å²) in [7, 11) is 0. The molecule has 1 saturated heterocycles. The zero-order valence-corrected chi connectivity index (χ0v) is 20.1. The number of anilines is 1. The largest absolute Gasteiger partial charge is 0.506 e. The van der Waals surface area contributed by atoms with Crippen LogP contribution in [-0.4, -0.2) is 19.8 Å². The lowest BCUT2D eigenvalue weighted by Crippen LogP contribution is -2.29. The molecular weight excluding hydrogens is 471 g/mol. The van der Waals surface area contributed by atoms with Crippen LogP contribution in [0.4, 0.5) is 10.1 Å². The molecule has 34 heavy (non-hydrogen) atoms. The maximum absolute atomic E-state index is 13.7. The molecule has 2 aromatic carbocycles. The van der Waals surface area contributed by atoms with Gasteiger partial charge in [0, 0.05) is 28.3 Å². The van der Waals surface area contributed by atoms with E-state index in [2.05, 4.69) is 16.4 Å². The summed E-state index contributed by atoms with van der Waals surface area (Å²) in [5.74, 6) is -0.177. The van der Waals surface area contributed by atoms with Gasteiger partial charge in [-0.3, -0.25) is 4.98 Å². The number of nitrogens with one attached hydrogen (secondary N) is 1. The van der Waals surface area contributed by atoms with E-state index in [4.69, 9.17) is 23.8 Å². The standard InChI is InChI=1S/C26H22ClFN4OS/c1-15-13-20(16(2)31(15)22-14-17(27)6-11-23(22)33)25-24(21-5-3-4-12-29-21)30-26(34)32(25)19-9-7-18(28)8-10-19/h3-14,24-25,33H,1-2H3,(H,30,34)/t24-,25+/m1/s1. The van der Waals surface area contributed by atoms with Gasteiger partial charge in [0.2, 0.25) is 0 Å². The Morgan fingerprint density at radius 1 is 1.06 bits per heavy atom. The van der Waals surface area contributed by atoms with Crippen molar-refractivity contribution in [2.75, 3.05) is 4.90 Å². The summed E-state index contributed by atoms with van der Waals surface area (Å²) < 4.78 is 15.7. The highest BCUT2D eigenvalue weighted by Gasteiger charge is 2.42. The molecule has 0 aliphatic carbocycles. The Bertz CT molecular complexity index is 1370. The van der Waals surface area contributed by atoms with E-state index in [1.165, 1.54) is 12.1 Å². The van der Waals surface area contributed by atoms with Gasteiger partial charge in [0.15, 0.2) is 5.11 Å². The molecule has 0 bridgehead atoms. The van der Waals surface area contributed by atoms with Crippen LogP contribution < -0.4 is 10.2 Å². The van der Waals surface area contributed by atoms with E-state index in [1.807, 2.05) is 41.5 Å². The molecule has 2 N–H and O–H groups in total. The van der Waals surface area contributed by atoms with Crippen molar-refractivity contribution < 1.29 is 9.50 Å². The molecule has 0 saturated carbocycles. The van der Waals surface area contributed by atoms with Gasteiger partial charge in [-0.15, -0.1) is 0 Å². The monoisotopic (exact) mass is 492 g/mol. The Morgan fingerprint density at radius 3 is 2.53 bits per heavy atom. The summed E-state index contributed by atoms with van der Waals surface area (Å²) >= 11 is 12.0. The summed E-state index contributed by atoms with van der Waals surface area (Å²) in [6.45, 7) is 3.98. The topological polar surface area (TPSA) is 53.3 Å². The van der Waals surface area contributed by atoms with Gasteiger partial charge in [-0.2, -0.15) is 0 Å². The van der Waals surface area contributed by atoms with Crippen LogP contribution in [0.3, 0.4) is 0 Å². The number of pyridine rings is 1. The molecule has 2 aromatic heterocycles. The van der Waals surface area contributed by atoms with E-state index in [9.17, 15) is 9.50 Å². The molecule has 0 unspecified atom stereocenters. The van der Waals surface area contributed by atoms with Gasteiger partial charge in [0.25, 0.3) is 0 Å². The van der Waals surface area contributed by atoms with E-state index in [-0.39, 0.29) is 23.7 Å². The minimum absolute atomic E-state index is 0.134. The predicted molar refractivity (Wildman–Crippen MR) is 136 cm³/mol. The molecule has 2 atom stereocenters. The second-order valence-corrected chi connectivity index (χ2v) is 9.09. The van der Waals surface area contributed by atoms with Crippen LogP contribution in [-0.2, 0) is 0 Å². The number of phenols is 1. The second-order valence-electron chi connectivity index (χ2n) is 8.27. The van der Waals surface area contributed by atoms with Crippen LogP contribution in [0.1, 0.15) is 34.7 Å². The Balaban J connectivity index is 1.70. The third-order valence-electron chi connectivity index (χ3n) is 6.17. The predicted octanol–water partition coefficient (Wildman–Crippen LogP) is 6.16. The van der Waals surface area contributed by atoms with Gasteiger partial charge < -0.3 is 19.9 Å². The molecule has 0 spiro atoms. The van der Waals surface area contributed by atoms with Gasteiger partial charge >= 0.3 is 0 Å². The fourth-order valence-electron chi connectivity index (χ4n) is 4.68. The molecule has 3 heterocycles. The van der Waals surface area contributed by atoms with Crippen LogP contribution in [0.5, 0.6) is 5.75 Å². The van der Waals surface area contributed by atoms with Crippen molar-refractivity contribution in [2.24, 2.45) is 0 Å². The highest BCUT2D eigenvalue weighted by molar-refractivity contribution is 7.80. The van der Waals surface area contributed by atoms with Crippen LogP contribution >= 0.6 is 23.8 Å². The van der Waals surface area contributed by atoms with Crippen LogP contribution in [0.2, 0.25) is 5.02 Å². The average molecular weight is 493 g/mol. The number of rotatable bonds is 4. The number of aromatic hydroxyl groups is 1. The number of benzene rings is 2. The zero-order chi connectivity index (χ0) is 24.0. The number of hydrogen-bond donors (Lipinski definition) is 2. The quantitative estimate of drug-likeness (QED) is 0.334. The molecule has 0 amide bonds. The van der Waals surface area contributed by atoms with E-state index < -0.39 is 0 Å². The fourth-order valence-corrected chi connectivity index (χ4v) is 5.20. The molecule has 4 aromatic rings. The molecule has 5 rings (SSSR count). The highest BCUT2D eigenvalue weighted by atomic mass is 35.5. The first kappa shape index (κ1) is 22.4. The average Bonchev–Trinajstić information content (AvgIpc) is 3.32. The molecule has 1 aliphatic heterocycles. The first-order chi connectivity index (χ1) is 16.3. The number of hydrogen-bond acceptors (Lipinski definition) is 3. The summed E-state index contributed by atoms with van der Waals surface area (Å²) in [6.07, 6.45) is 1.75. The van der Waals surface area contributed by atoms with Crippen LogP contribution in [0, 0.1) is 19.7 Å². The van der Waals surface area contributed by atoms with Crippen molar-refractivity contribution >= 4 is 34.6 Å². The normalized spacial score (nSPS) is 17.8. The summed E-state index contributed by atoms with van der Waals surface area (Å²) in [4.78, 5) is 6.58. The molecule has 0 radical (unpaired) electrons. The van der Waals surface area contributed by atoms with E-state index in [0.717, 1.165) is 28.3 Å². The zero-order valence-electron chi connectivity index (χ0n) is 18.5. The SMILES string of the molecule is Cc1cc([C@H]2[C@@H](c3ccccn3)NC(=S)N2c2ccc(F)cc2)c(C)n1-c1cc(Cl)ccc1O. The molecular formula is C26H22ClFN4OS. The Morgan fingerprint density at radius 2 is 1.82 bits per heavy atom. The Hall–Kier alpha value is -3.42. The van der Waals surface area contributed by atoms with Crippen molar-refractivity contribution in [3.05, 3.63) is 106 Å². The van der Waals surface area contributed by atoms with Gasteiger partial charge in [0.1, 0.15) is 11.6 Å². The second kappa shape index (κ2) is 8.74. The van der Waals surface area contributed by atoms with Gasteiger partial charge in [-0.1, -0.05) is 17.7 Å². The van der Waals surface area contributed by atoms with E-state index in [0.29, 0.717) is 15.8 Å². The van der Waals surface area contributed by atoms with E-state index in [1.54, 1.807) is 36.5 Å². The Labute approximate surface area is 207 Å². The smallest absolute Gasteiger partial charge is 0.174 e. The first-order valence-corrected chi connectivity index (χ1v) is 11.6. The van der Waals surface area contributed by atoms with Crippen molar-refractivity contribution in [1.82, 2.24) is 14.9 Å². The number of nitrogens with zero attached hydrogens (tertiary/aromatic N) is 3. The number of aryl methyl sites for hydroxylation is 1. The molecule has 8 heteroatoms. The van der Waals surface area contributed by atoms with Crippen LogP contribution in [0.25, 0.3) is 5.69 Å². The van der Waals surface area contributed by atoms with Crippen molar-refractivity contribution in [1.29, 1.82) is 0 Å². The van der Waals surface area contributed by atoms with Crippen molar-refractivity contribution in [3.63, 3.8) is 0 Å². The lowest BCUT2D eigenvalue weighted by Gasteiger charge is -2.28. The van der Waals surface area contributed by atoms with Crippen molar-refractivity contribution in [3.8, 4) is 11.4 Å². The lowest BCUT2D eigenvalue weighted by molar-refractivity contribution is 0.471. The van der Waals surface area contributed by atoms with E-state index >= 15 is 0 Å². The number of phenolic OH excluding ortho intramolecular Hbond substituents is 1. The van der Waals surface area contributed by atoms with Gasteiger partial charge in [-0.25, -0.2) is 4.39 Å². The van der Waals surface area contributed by atoms with Crippen LogP contribution in [0.15, 0.2) is 72.9 Å². The third-order valence-corrected chi connectivity index (χ3v) is 6.72. The molecule has 1 aliphatic rings. The number of aromatic nitrogens is 2. The van der Waals surface area contributed by atoms with Gasteiger partial charge in [0.05, 0.1) is 23.5 Å². The summed E-state index contributed by atoms with van der Waals surface area (Å²) in [5, 5.41) is 15.1. The molecule has 1 fully saturated rings. The third kappa shape index (κ3) is 3.81. The Kier molecular flexibility index (Phi) is 5.75. The molecule has 172 valence electrons. The highest BCUT2D eigenvalue weighted by Crippen LogP contribution is 2.44. The summed E-state index contributed by atoms with van der Waals surface area (Å²) in [6, 6.07) is 18.7. The maximum atomic E-state index is 13.7. The maximum Gasteiger partial charge on any atom is 0.174 e. The minimum Gasteiger partial charge on any atom is -0.506 e. The molecule has 5 nitrogen and oxygen atoms in total. The summed E-state index contributed by atoms with van der Waals surface area (Å²) in [5.41, 5.74) is 5.09. The first-order valence-electron chi connectivity index (χ1n) is 10.8.